The standard InChI is InChI=1S/C24H35N5O3S/c1-9-16-10-11-17(21(30)19(16)24(31)29(7)8)26-22(25-6)23(28-33)27-20(13(2)3)18-12-14(4)15(5)32-18/h10-13,20,30,33H,9H2,1-8H3,(H,25,26)(H,27,28)/t20-/m1/s1. The van der Waals surface area contributed by atoms with Crippen molar-refractivity contribution in [2.75, 3.05) is 26.5 Å². The summed E-state index contributed by atoms with van der Waals surface area (Å²) in [6, 6.07) is 5.26. The van der Waals surface area contributed by atoms with Gasteiger partial charge in [0, 0.05) is 21.1 Å². The Bertz CT molecular complexity index is 1040. The number of aliphatic imine (C=N–C) groups is 2. The van der Waals surface area contributed by atoms with Crippen molar-refractivity contribution in [3.8, 4) is 5.75 Å². The highest BCUT2D eigenvalue weighted by molar-refractivity contribution is 7.78. The van der Waals surface area contributed by atoms with Crippen molar-refractivity contribution in [1.82, 2.24) is 9.62 Å². The summed E-state index contributed by atoms with van der Waals surface area (Å²) < 4.78 is 8.72. The second-order valence-corrected chi connectivity index (χ2v) is 8.64. The van der Waals surface area contributed by atoms with Crippen LogP contribution in [0, 0.1) is 19.8 Å². The first-order valence-corrected chi connectivity index (χ1v) is 11.4. The Morgan fingerprint density at radius 1 is 1.24 bits per heavy atom. The number of aromatic hydroxyl groups is 1. The quantitative estimate of drug-likeness (QED) is 0.214. The predicted octanol–water partition coefficient (Wildman–Crippen LogP) is 4.54. The summed E-state index contributed by atoms with van der Waals surface area (Å²) in [5.74, 6) is 2.09. The van der Waals surface area contributed by atoms with Gasteiger partial charge in [-0.2, -0.15) is 0 Å². The molecule has 0 fully saturated rings. The molecule has 0 spiro atoms. The first kappa shape index (κ1) is 26.3. The van der Waals surface area contributed by atoms with Crippen LogP contribution >= 0.6 is 12.8 Å². The molecule has 0 bridgehead atoms. The van der Waals surface area contributed by atoms with Crippen molar-refractivity contribution < 1.29 is 14.3 Å². The summed E-state index contributed by atoms with van der Waals surface area (Å²) >= 11 is 4.24. The van der Waals surface area contributed by atoms with Crippen LogP contribution < -0.4 is 10.0 Å². The van der Waals surface area contributed by atoms with E-state index in [9.17, 15) is 9.90 Å². The molecule has 0 radical (unpaired) electrons. The van der Waals surface area contributed by atoms with Crippen molar-refractivity contribution in [3.05, 3.63) is 46.4 Å². The molecule has 3 N–H and O–H groups in total. The minimum absolute atomic E-state index is 0.134. The highest BCUT2D eigenvalue weighted by Gasteiger charge is 2.24. The molecule has 180 valence electrons. The lowest BCUT2D eigenvalue weighted by Gasteiger charge is -2.20. The molecule has 1 heterocycles. The third-order valence-electron chi connectivity index (χ3n) is 5.45. The molecular formula is C24H35N5O3S. The van der Waals surface area contributed by atoms with Gasteiger partial charge in [0.05, 0.1) is 11.3 Å². The van der Waals surface area contributed by atoms with E-state index in [4.69, 9.17) is 9.41 Å². The van der Waals surface area contributed by atoms with E-state index in [0.29, 0.717) is 23.8 Å². The number of carbonyl (C=O) groups is 1. The maximum Gasteiger partial charge on any atom is 0.257 e. The zero-order valence-corrected chi connectivity index (χ0v) is 21.5. The van der Waals surface area contributed by atoms with Gasteiger partial charge in [-0.15, -0.1) is 0 Å². The lowest BCUT2D eigenvalue weighted by atomic mass is 10.0. The van der Waals surface area contributed by atoms with Gasteiger partial charge in [0.15, 0.2) is 17.4 Å². The summed E-state index contributed by atoms with van der Waals surface area (Å²) in [4.78, 5) is 23.3. The number of amides is 1. The topological polar surface area (TPSA) is 102 Å². The Morgan fingerprint density at radius 2 is 1.91 bits per heavy atom. The summed E-state index contributed by atoms with van der Waals surface area (Å²) in [5.41, 5.74) is 2.44. The van der Waals surface area contributed by atoms with E-state index in [0.717, 1.165) is 22.6 Å². The molecule has 1 aromatic heterocycles. The summed E-state index contributed by atoms with van der Waals surface area (Å²) in [6.45, 7) is 9.97. The lowest BCUT2D eigenvalue weighted by Crippen LogP contribution is -2.32. The molecule has 1 aromatic carbocycles. The highest BCUT2D eigenvalue weighted by atomic mass is 32.1. The van der Waals surface area contributed by atoms with Crippen LogP contribution in [-0.2, 0) is 6.42 Å². The third kappa shape index (κ3) is 5.90. The normalized spacial score (nSPS) is 13.3. The number of amidine groups is 2. The van der Waals surface area contributed by atoms with Gasteiger partial charge < -0.3 is 24.5 Å². The van der Waals surface area contributed by atoms with Crippen LogP contribution in [0.5, 0.6) is 5.75 Å². The molecule has 8 nitrogen and oxygen atoms in total. The Hall–Kier alpha value is -2.94. The Morgan fingerprint density at radius 3 is 2.36 bits per heavy atom. The fourth-order valence-electron chi connectivity index (χ4n) is 3.41. The van der Waals surface area contributed by atoms with Gasteiger partial charge in [0.25, 0.3) is 5.91 Å². The van der Waals surface area contributed by atoms with E-state index in [1.807, 2.05) is 32.9 Å². The van der Waals surface area contributed by atoms with Crippen molar-refractivity contribution in [3.63, 3.8) is 0 Å². The van der Waals surface area contributed by atoms with Crippen molar-refractivity contribution >= 4 is 36.1 Å². The number of thiol groups is 1. The summed E-state index contributed by atoms with van der Waals surface area (Å²) in [7, 11) is 4.91. The molecular weight excluding hydrogens is 438 g/mol. The lowest BCUT2D eigenvalue weighted by molar-refractivity contribution is 0.0823. The molecule has 0 saturated carbocycles. The van der Waals surface area contributed by atoms with Gasteiger partial charge in [-0.1, -0.05) is 39.7 Å². The summed E-state index contributed by atoms with van der Waals surface area (Å²) in [6.07, 6.45) is 0.612. The summed E-state index contributed by atoms with van der Waals surface area (Å²) in [5, 5.41) is 14.0. The largest absolute Gasteiger partial charge is 0.505 e. The van der Waals surface area contributed by atoms with Gasteiger partial charge in [-0.05, 0) is 49.4 Å². The van der Waals surface area contributed by atoms with Crippen LogP contribution in [0.4, 0.5) is 5.69 Å². The smallest absolute Gasteiger partial charge is 0.257 e. The fraction of sp³-hybridized carbons (Fsp3) is 0.458. The van der Waals surface area contributed by atoms with Gasteiger partial charge in [0.1, 0.15) is 17.6 Å². The number of hydrogen-bond acceptors (Lipinski definition) is 6. The van der Waals surface area contributed by atoms with Gasteiger partial charge >= 0.3 is 0 Å². The molecule has 0 saturated heterocycles. The minimum atomic E-state index is -0.271. The zero-order chi connectivity index (χ0) is 24.9. The average Bonchev–Trinajstić information content (AvgIpc) is 3.10. The number of nitrogens with zero attached hydrogens (tertiary/aromatic N) is 3. The van der Waals surface area contributed by atoms with Gasteiger partial charge in [-0.25, -0.2) is 0 Å². The third-order valence-corrected chi connectivity index (χ3v) is 5.66. The van der Waals surface area contributed by atoms with Crippen molar-refractivity contribution in [1.29, 1.82) is 0 Å². The molecule has 2 rings (SSSR count). The molecule has 0 unspecified atom stereocenters. The molecule has 0 aliphatic rings. The van der Waals surface area contributed by atoms with E-state index in [2.05, 4.69) is 41.7 Å². The Labute approximate surface area is 201 Å². The molecule has 1 amide bonds. The molecule has 0 aliphatic carbocycles. The fourth-order valence-corrected chi connectivity index (χ4v) is 3.57. The number of nitrogens with one attached hydrogen (secondary N) is 2. The monoisotopic (exact) mass is 473 g/mol. The van der Waals surface area contributed by atoms with E-state index in [1.165, 1.54) is 4.90 Å². The molecule has 1 atom stereocenters. The number of hydrogen-bond donors (Lipinski definition) is 4. The van der Waals surface area contributed by atoms with E-state index in [1.54, 1.807) is 27.2 Å². The maximum absolute atomic E-state index is 12.7. The van der Waals surface area contributed by atoms with Gasteiger partial charge in [0.2, 0.25) is 0 Å². The van der Waals surface area contributed by atoms with E-state index in [-0.39, 0.29) is 29.2 Å². The highest BCUT2D eigenvalue weighted by Crippen LogP contribution is 2.33. The number of anilines is 1. The number of phenolic OH excluding ortho intramolecular Hbond substituents is 1. The number of rotatable bonds is 6. The molecule has 33 heavy (non-hydrogen) atoms. The predicted molar refractivity (Wildman–Crippen MR) is 138 cm³/mol. The molecule has 9 heteroatoms. The van der Waals surface area contributed by atoms with Crippen LogP contribution in [0.3, 0.4) is 0 Å². The number of carbonyl (C=O) groups excluding carboxylic acids is 1. The number of aryl methyl sites for hydroxylation is 3. The van der Waals surface area contributed by atoms with Crippen LogP contribution in [0.1, 0.15) is 59.8 Å². The molecule has 0 aliphatic heterocycles. The van der Waals surface area contributed by atoms with Crippen LogP contribution in [0.2, 0.25) is 0 Å². The molecule has 2 aromatic rings. The SMILES string of the molecule is CCc1ccc(NC(=NC)C(=N[C@@H](c2cc(C)c(C)o2)C(C)C)NS)c(O)c1C(=O)N(C)C. The Kier molecular flexibility index (Phi) is 8.99. The average molecular weight is 474 g/mol. The van der Waals surface area contributed by atoms with Crippen molar-refractivity contribution in [2.24, 2.45) is 15.9 Å². The second-order valence-electron chi connectivity index (χ2n) is 8.41. The zero-order valence-electron chi connectivity index (χ0n) is 20.6. The Balaban J connectivity index is 2.48. The minimum Gasteiger partial charge on any atom is -0.505 e. The number of phenols is 1. The van der Waals surface area contributed by atoms with Crippen LogP contribution in [0.15, 0.2) is 32.6 Å². The first-order chi connectivity index (χ1) is 15.5. The number of furan rings is 1. The first-order valence-electron chi connectivity index (χ1n) is 10.9. The van der Waals surface area contributed by atoms with Gasteiger partial charge in [-0.3, -0.25) is 14.8 Å². The van der Waals surface area contributed by atoms with Crippen LogP contribution in [0.25, 0.3) is 0 Å². The van der Waals surface area contributed by atoms with E-state index < -0.39 is 0 Å². The second kappa shape index (κ2) is 11.3. The van der Waals surface area contributed by atoms with Crippen LogP contribution in [-0.4, -0.2) is 48.7 Å². The maximum atomic E-state index is 12.7. The van der Waals surface area contributed by atoms with E-state index >= 15 is 0 Å². The van der Waals surface area contributed by atoms with Crippen molar-refractivity contribution in [2.45, 2.75) is 47.1 Å². The number of benzene rings is 1.